The Labute approximate surface area is 331 Å². The van der Waals surface area contributed by atoms with Gasteiger partial charge >= 0.3 is 0 Å². The average Bonchev–Trinajstić information content (AvgIpc) is 3.92. The van der Waals surface area contributed by atoms with Crippen molar-refractivity contribution in [3.05, 3.63) is 194 Å². The number of thiazole rings is 1. The second-order valence-electron chi connectivity index (χ2n) is 14.5. The van der Waals surface area contributed by atoms with Gasteiger partial charge in [-0.3, -0.25) is 4.40 Å². The number of anilines is 3. The maximum Gasteiger partial charge on any atom is 0.109 e. The molecule has 3 heterocycles. The number of hydrogen-bond donors (Lipinski definition) is 0. The van der Waals surface area contributed by atoms with Crippen LogP contribution in [-0.2, 0) is 0 Å². The molecule has 4 heteroatoms. The first-order valence-electron chi connectivity index (χ1n) is 19.0. The Morgan fingerprint density at radius 1 is 0.339 bits per heavy atom. The van der Waals surface area contributed by atoms with Crippen molar-refractivity contribution in [2.24, 2.45) is 0 Å². The van der Waals surface area contributed by atoms with Gasteiger partial charge in [-0.25, -0.2) is 0 Å². The summed E-state index contributed by atoms with van der Waals surface area (Å²) < 4.78 is 6.37. The molecule has 9 aromatic carbocycles. The number of rotatable bonds is 5. The van der Waals surface area contributed by atoms with Crippen LogP contribution in [0.5, 0.6) is 0 Å². The van der Waals surface area contributed by atoms with Gasteiger partial charge in [0.2, 0.25) is 0 Å². The van der Waals surface area contributed by atoms with Crippen LogP contribution in [0.3, 0.4) is 0 Å². The van der Waals surface area contributed by atoms with Crippen molar-refractivity contribution in [1.29, 1.82) is 0 Å². The lowest BCUT2D eigenvalue weighted by molar-refractivity contribution is 1.30. The van der Waals surface area contributed by atoms with E-state index in [4.69, 9.17) is 0 Å². The lowest BCUT2D eigenvalue weighted by Crippen LogP contribution is -2.09. The van der Waals surface area contributed by atoms with E-state index in [1.54, 1.807) is 0 Å². The minimum absolute atomic E-state index is 1.12. The van der Waals surface area contributed by atoms with Gasteiger partial charge in [-0.15, -0.1) is 22.7 Å². The smallest absolute Gasteiger partial charge is 0.109 e. The van der Waals surface area contributed by atoms with E-state index in [0.29, 0.717) is 0 Å². The molecule has 0 atom stereocenters. The number of benzene rings is 9. The molecule has 0 saturated carbocycles. The maximum absolute atomic E-state index is 2.46. The van der Waals surface area contributed by atoms with Crippen LogP contribution in [0.15, 0.2) is 194 Å². The molecule has 0 fully saturated rings. The summed E-state index contributed by atoms with van der Waals surface area (Å²) in [7, 11) is 0. The van der Waals surface area contributed by atoms with Crippen molar-refractivity contribution in [3.63, 3.8) is 0 Å². The van der Waals surface area contributed by atoms with E-state index < -0.39 is 0 Å². The topological polar surface area (TPSA) is 7.65 Å². The van der Waals surface area contributed by atoms with Gasteiger partial charge in [0.25, 0.3) is 0 Å². The molecule has 2 nitrogen and oxygen atoms in total. The Bertz CT molecular complexity index is 3480. The Morgan fingerprint density at radius 2 is 0.982 bits per heavy atom. The number of hydrogen-bond acceptors (Lipinski definition) is 3. The first-order valence-corrected chi connectivity index (χ1v) is 20.6. The van der Waals surface area contributed by atoms with E-state index in [-0.39, 0.29) is 0 Å². The molecule has 0 amide bonds. The molecule has 0 saturated heterocycles. The fourth-order valence-electron chi connectivity index (χ4n) is 8.74. The van der Waals surface area contributed by atoms with Gasteiger partial charge in [0.15, 0.2) is 0 Å². The van der Waals surface area contributed by atoms with Crippen LogP contribution in [0, 0.1) is 0 Å². The number of thiophene rings is 1. The van der Waals surface area contributed by atoms with Crippen molar-refractivity contribution in [2.45, 2.75) is 0 Å². The molecule has 262 valence electrons. The Hall–Kier alpha value is -6.72. The van der Waals surface area contributed by atoms with E-state index in [1.807, 2.05) is 22.7 Å². The van der Waals surface area contributed by atoms with Crippen LogP contribution in [0.25, 0.3) is 89.9 Å². The summed E-state index contributed by atoms with van der Waals surface area (Å²) in [4.78, 5) is 3.70. The third kappa shape index (κ3) is 4.86. The highest BCUT2D eigenvalue weighted by molar-refractivity contribution is 7.26. The van der Waals surface area contributed by atoms with Crippen molar-refractivity contribution in [3.8, 4) is 22.3 Å². The van der Waals surface area contributed by atoms with E-state index in [1.165, 1.54) is 89.9 Å². The van der Waals surface area contributed by atoms with Gasteiger partial charge < -0.3 is 4.90 Å². The highest BCUT2D eigenvalue weighted by Gasteiger charge is 2.19. The summed E-state index contributed by atoms with van der Waals surface area (Å²) in [5, 5.41) is 8.93. The van der Waals surface area contributed by atoms with Crippen molar-refractivity contribution >= 4 is 107 Å². The number of nitrogens with zero attached hydrogens (tertiary/aromatic N) is 2. The molecule has 0 unspecified atom stereocenters. The van der Waals surface area contributed by atoms with E-state index in [9.17, 15) is 0 Å². The van der Waals surface area contributed by atoms with Gasteiger partial charge in [0, 0.05) is 48.2 Å². The van der Waals surface area contributed by atoms with Gasteiger partial charge in [-0.2, -0.15) is 0 Å². The first kappa shape index (κ1) is 31.6. The molecule has 0 aliphatic carbocycles. The summed E-state index contributed by atoms with van der Waals surface area (Å²) in [5.74, 6) is 0. The quantitative estimate of drug-likeness (QED) is 0.159. The van der Waals surface area contributed by atoms with E-state index in [2.05, 4.69) is 203 Å². The van der Waals surface area contributed by atoms with Gasteiger partial charge in [-0.05, 0) is 105 Å². The van der Waals surface area contributed by atoms with E-state index >= 15 is 0 Å². The van der Waals surface area contributed by atoms with E-state index in [0.717, 1.165) is 17.1 Å². The predicted octanol–water partition coefficient (Wildman–Crippen LogP) is 15.8. The third-order valence-corrected chi connectivity index (χ3v) is 13.7. The SMILES string of the molecule is c1ccc(-c2c3ccccc3n3c2sc2ccc(-c4ccc(N(c5ccc6c(ccc7ccccc76)c5)c5ccc6sc7ccccc7c6c5)cc4)cc23)cc1. The van der Waals surface area contributed by atoms with Crippen LogP contribution < -0.4 is 4.90 Å². The highest BCUT2D eigenvalue weighted by atomic mass is 32.1. The molecule has 56 heavy (non-hydrogen) atoms. The third-order valence-electron chi connectivity index (χ3n) is 11.4. The molecule has 0 spiro atoms. The van der Waals surface area contributed by atoms with Gasteiger partial charge in [-0.1, -0.05) is 127 Å². The summed E-state index contributed by atoms with van der Waals surface area (Å²) in [6.07, 6.45) is 0. The van der Waals surface area contributed by atoms with Gasteiger partial charge in [0.05, 0.1) is 15.7 Å². The molecule has 0 aliphatic rings. The number of fused-ring (bicyclic) bond motifs is 11. The lowest BCUT2D eigenvalue weighted by atomic mass is 10.0. The summed E-state index contributed by atoms with van der Waals surface area (Å²) in [6, 6.07) is 71.4. The monoisotopic (exact) mass is 748 g/mol. The van der Waals surface area contributed by atoms with Crippen LogP contribution in [0.1, 0.15) is 0 Å². The predicted molar refractivity (Wildman–Crippen MR) is 244 cm³/mol. The molecule has 12 aromatic rings. The highest BCUT2D eigenvalue weighted by Crippen LogP contribution is 2.45. The fraction of sp³-hybridized carbons (Fsp3) is 0. The van der Waals surface area contributed by atoms with Crippen molar-refractivity contribution in [1.82, 2.24) is 4.40 Å². The van der Waals surface area contributed by atoms with Crippen LogP contribution in [-0.4, -0.2) is 4.40 Å². The molecule has 0 N–H and O–H groups in total. The molecular weight excluding hydrogens is 717 g/mol. The lowest BCUT2D eigenvalue weighted by Gasteiger charge is -2.26. The zero-order chi connectivity index (χ0) is 36.7. The normalized spacial score (nSPS) is 11.9. The Kier molecular flexibility index (Phi) is 7.00. The molecule has 12 rings (SSSR count). The molecule has 0 bridgehead atoms. The van der Waals surface area contributed by atoms with Gasteiger partial charge in [0.1, 0.15) is 4.83 Å². The zero-order valence-electron chi connectivity index (χ0n) is 30.2. The molecule has 3 aromatic heterocycles. The minimum atomic E-state index is 1.12. The van der Waals surface area contributed by atoms with Crippen LogP contribution >= 0.6 is 22.7 Å². The van der Waals surface area contributed by atoms with Crippen molar-refractivity contribution in [2.75, 3.05) is 4.90 Å². The van der Waals surface area contributed by atoms with Crippen LogP contribution in [0.4, 0.5) is 17.1 Å². The summed E-state index contributed by atoms with van der Waals surface area (Å²) >= 11 is 3.73. The minimum Gasteiger partial charge on any atom is -0.310 e. The zero-order valence-corrected chi connectivity index (χ0v) is 31.8. The average molecular weight is 749 g/mol. The standard InChI is InChI=1S/C52H32N2S2/c1-2-11-35(12-3-1)51-44-15-6-8-16-46(44)54-47-31-36(22-28-50(47)56-52(51)54)33-20-23-38(24-21-33)53(40-26-29-49-45(32-40)43-14-7-9-17-48(43)55-49)39-25-27-42-37(30-39)19-18-34-10-4-5-13-41(34)42/h1-32H. The van der Waals surface area contributed by atoms with Crippen LogP contribution in [0.2, 0.25) is 0 Å². The second kappa shape index (κ2) is 12.4. The number of aromatic nitrogens is 1. The summed E-state index contributed by atoms with van der Waals surface area (Å²) in [5.41, 5.74) is 10.8. The Balaban J connectivity index is 0.999. The largest absolute Gasteiger partial charge is 0.310 e. The second-order valence-corrected chi connectivity index (χ2v) is 16.7. The maximum atomic E-state index is 2.46. The Morgan fingerprint density at radius 3 is 1.88 bits per heavy atom. The van der Waals surface area contributed by atoms with Crippen molar-refractivity contribution < 1.29 is 0 Å². The first-order chi connectivity index (χ1) is 27.7. The number of para-hydroxylation sites is 1. The molecular formula is C52H32N2S2. The fourth-order valence-corrected chi connectivity index (χ4v) is 11.0. The summed E-state index contributed by atoms with van der Waals surface area (Å²) in [6.45, 7) is 0. The molecule has 0 aliphatic heterocycles. The molecule has 0 radical (unpaired) electrons.